The molecule has 0 aromatic carbocycles. The highest BCUT2D eigenvalue weighted by Gasteiger charge is 2.14. The minimum atomic E-state index is 0.577. The first-order valence-electron chi connectivity index (χ1n) is 4.05. The Balaban J connectivity index is 1.81. The van der Waals surface area contributed by atoms with Crippen LogP contribution in [0, 0.1) is 0 Å². The van der Waals surface area contributed by atoms with Gasteiger partial charge in [-0.2, -0.15) is 4.98 Å². The number of amidine groups is 1. The van der Waals surface area contributed by atoms with E-state index in [0.717, 1.165) is 11.7 Å². The summed E-state index contributed by atoms with van der Waals surface area (Å²) in [4.78, 5) is 8.19. The fourth-order valence-corrected chi connectivity index (χ4v) is 1.83. The normalized spacial score (nSPS) is 21.6. The first kappa shape index (κ1) is 8.55. The maximum absolute atomic E-state index is 4.60. The Morgan fingerprint density at radius 2 is 2.69 bits per heavy atom. The summed E-state index contributed by atoms with van der Waals surface area (Å²) in [6, 6.07) is 0. The van der Waals surface area contributed by atoms with Crippen LogP contribution in [0.2, 0.25) is 0 Å². The highest BCUT2D eigenvalue weighted by molar-refractivity contribution is 8.14. The lowest BCUT2D eigenvalue weighted by molar-refractivity contribution is 0.409. The van der Waals surface area contributed by atoms with Gasteiger partial charge in [0.2, 0.25) is 6.39 Å². The smallest absolute Gasteiger partial charge is 0.213 e. The van der Waals surface area contributed by atoms with Crippen molar-refractivity contribution in [3.8, 4) is 0 Å². The number of hydrogen-bond acceptors (Lipinski definition) is 6. The summed E-state index contributed by atoms with van der Waals surface area (Å²) >= 11 is 1.74. The lowest BCUT2D eigenvalue weighted by Crippen LogP contribution is -2.19. The van der Waals surface area contributed by atoms with Gasteiger partial charge in [-0.3, -0.25) is 4.99 Å². The first-order chi connectivity index (χ1) is 6.34. The summed E-state index contributed by atoms with van der Waals surface area (Å²) in [7, 11) is 0. The van der Waals surface area contributed by atoms with E-state index in [2.05, 4.69) is 31.9 Å². The molecule has 0 fully saturated rings. The average molecular weight is 198 g/mol. The Morgan fingerprint density at radius 1 is 1.77 bits per heavy atom. The van der Waals surface area contributed by atoms with E-state index in [1.165, 1.54) is 6.39 Å². The lowest BCUT2D eigenvalue weighted by atomic mass is 10.5. The van der Waals surface area contributed by atoms with Crippen molar-refractivity contribution in [2.24, 2.45) is 4.99 Å². The predicted octanol–water partition coefficient (Wildman–Crippen LogP) is 0.650. The van der Waals surface area contributed by atoms with Crippen LogP contribution >= 0.6 is 11.8 Å². The molecule has 0 spiro atoms. The van der Waals surface area contributed by atoms with E-state index in [-0.39, 0.29) is 0 Å². The minimum absolute atomic E-state index is 0.577. The third kappa shape index (κ3) is 2.21. The zero-order valence-corrected chi connectivity index (χ0v) is 8.04. The van der Waals surface area contributed by atoms with Crippen molar-refractivity contribution in [3.63, 3.8) is 0 Å². The van der Waals surface area contributed by atoms with Crippen LogP contribution in [0.5, 0.6) is 0 Å². The van der Waals surface area contributed by atoms with Crippen molar-refractivity contribution in [2.75, 3.05) is 6.54 Å². The molecule has 0 radical (unpaired) electrons. The van der Waals surface area contributed by atoms with Crippen LogP contribution in [0.4, 0.5) is 0 Å². The molecule has 6 heteroatoms. The van der Waals surface area contributed by atoms with Gasteiger partial charge in [-0.1, -0.05) is 23.8 Å². The zero-order valence-electron chi connectivity index (χ0n) is 7.23. The van der Waals surface area contributed by atoms with E-state index in [1.807, 2.05) is 0 Å². The van der Waals surface area contributed by atoms with Crippen LogP contribution < -0.4 is 5.32 Å². The molecule has 5 nitrogen and oxygen atoms in total. The van der Waals surface area contributed by atoms with Gasteiger partial charge in [0.1, 0.15) is 0 Å². The second-order valence-corrected chi connectivity index (χ2v) is 4.20. The Kier molecular flexibility index (Phi) is 2.49. The molecule has 2 heterocycles. The molecule has 2 rings (SSSR count). The third-order valence-corrected chi connectivity index (χ3v) is 2.66. The van der Waals surface area contributed by atoms with Gasteiger partial charge in [-0.15, -0.1) is 0 Å². The van der Waals surface area contributed by atoms with Gasteiger partial charge in [0, 0.05) is 5.25 Å². The Labute approximate surface area is 80.0 Å². The van der Waals surface area contributed by atoms with Crippen molar-refractivity contribution in [1.82, 2.24) is 15.5 Å². The van der Waals surface area contributed by atoms with E-state index < -0.39 is 0 Å². The van der Waals surface area contributed by atoms with Crippen molar-refractivity contribution < 1.29 is 4.52 Å². The fraction of sp³-hybridized carbons (Fsp3) is 0.571. The lowest BCUT2D eigenvalue weighted by Gasteiger charge is -2.01. The molecule has 0 aliphatic carbocycles. The molecule has 0 amide bonds. The molecule has 1 atom stereocenters. The SMILES string of the molecule is CC1CN=C(NCc2ncon2)S1. The van der Waals surface area contributed by atoms with Crippen molar-refractivity contribution in [3.05, 3.63) is 12.2 Å². The average Bonchev–Trinajstić information content (AvgIpc) is 2.71. The number of rotatable bonds is 2. The maximum Gasteiger partial charge on any atom is 0.213 e. The number of nitrogens with one attached hydrogen (secondary N) is 1. The highest BCUT2D eigenvalue weighted by atomic mass is 32.2. The van der Waals surface area contributed by atoms with Gasteiger partial charge in [0.25, 0.3) is 0 Å². The largest absolute Gasteiger partial charge is 0.357 e. The summed E-state index contributed by atoms with van der Waals surface area (Å²) in [6.45, 7) is 3.62. The predicted molar refractivity (Wildman–Crippen MR) is 50.5 cm³/mol. The summed E-state index contributed by atoms with van der Waals surface area (Å²) in [5.41, 5.74) is 0. The van der Waals surface area contributed by atoms with Gasteiger partial charge >= 0.3 is 0 Å². The molecule has 1 aromatic heterocycles. The molecule has 1 N–H and O–H groups in total. The van der Waals surface area contributed by atoms with Crippen molar-refractivity contribution in [1.29, 1.82) is 0 Å². The van der Waals surface area contributed by atoms with E-state index >= 15 is 0 Å². The van der Waals surface area contributed by atoms with E-state index in [1.54, 1.807) is 11.8 Å². The van der Waals surface area contributed by atoms with Gasteiger partial charge in [0.15, 0.2) is 11.0 Å². The molecule has 0 saturated carbocycles. The maximum atomic E-state index is 4.60. The first-order valence-corrected chi connectivity index (χ1v) is 4.93. The van der Waals surface area contributed by atoms with Gasteiger partial charge in [0.05, 0.1) is 13.1 Å². The van der Waals surface area contributed by atoms with Gasteiger partial charge in [-0.05, 0) is 0 Å². The summed E-state index contributed by atoms with van der Waals surface area (Å²) < 4.78 is 4.60. The fourth-order valence-electron chi connectivity index (χ4n) is 0.999. The number of aliphatic imine (C=N–C) groups is 1. The number of nitrogens with zero attached hydrogens (tertiary/aromatic N) is 3. The topological polar surface area (TPSA) is 63.3 Å². The second kappa shape index (κ2) is 3.78. The Bertz CT molecular complexity index is 297. The molecule has 13 heavy (non-hydrogen) atoms. The van der Waals surface area contributed by atoms with Crippen LogP contribution in [0.15, 0.2) is 15.9 Å². The zero-order chi connectivity index (χ0) is 9.10. The Hall–Kier alpha value is -1.04. The second-order valence-electron chi connectivity index (χ2n) is 2.78. The molecule has 0 saturated heterocycles. The van der Waals surface area contributed by atoms with Crippen LogP contribution in [0.1, 0.15) is 12.7 Å². The van der Waals surface area contributed by atoms with E-state index in [0.29, 0.717) is 17.6 Å². The number of thioether (sulfide) groups is 1. The summed E-state index contributed by atoms with van der Waals surface area (Å²) in [6.07, 6.45) is 1.32. The molecule has 70 valence electrons. The standard InChI is InChI=1S/C7H10N4OS/c1-5-2-8-7(13-5)9-3-6-10-4-12-11-6/h4-5H,2-3H2,1H3,(H,8,9). The molecule has 0 bridgehead atoms. The van der Waals surface area contributed by atoms with Crippen LogP contribution in [-0.4, -0.2) is 27.1 Å². The van der Waals surface area contributed by atoms with E-state index in [4.69, 9.17) is 0 Å². The van der Waals surface area contributed by atoms with Crippen LogP contribution in [0.3, 0.4) is 0 Å². The summed E-state index contributed by atoms with van der Waals surface area (Å²) in [5.74, 6) is 0.655. The molecule has 1 aliphatic heterocycles. The minimum Gasteiger partial charge on any atom is -0.357 e. The molecule has 1 aliphatic rings. The third-order valence-electron chi connectivity index (χ3n) is 1.61. The summed E-state index contributed by atoms with van der Waals surface area (Å²) in [5, 5.41) is 8.37. The molecule has 1 unspecified atom stereocenters. The van der Waals surface area contributed by atoms with Crippen LogP contribution in [-0.2, 0) is 6.54 Å². The molecular weight excluding hydrogens is 188 g/mol. The van der Waals surface area contributed by atoms with Crippen molar-refractivity contribution >= 4 is 16.9 Å². The quantitative estimate of drug-likeness (QED) is 0.756. The van der Waals surface area contributed by atoms with Crippen molar-refractivity contribution in [2.45, 2.75) is 18.7 Å². The molecular formula is C7H10N4OS. The number of aromatic nitrogens is 2. The Morgan fingerprint density at radius 3 is 3.31 bits per heavy atom. The van der Waals surface area contributed by atoms with Crippen LogP contribution in [0.25, 0.3) is 0 Å². The van der Waals surface area contributed by atoms with E-state index in [9.17, 15) is 0 Å². The monoisotopic (exact) mass is 198 g/mol. The highest BCUT2D eigenvalue weighted by Crippen LogP contribution is 2.18. The van der Waals surface area contributed by atoms with Gasteiger partial charge < -0.3 is 9.84 Å². The molecule has 1 aromatic rings. The van der Waals surface area contributed by atoms with Gasteiger partial charge in [-0.25, -0.2) is 0 Å². The number of hydrogen-bond donors (Lipinski definition) is 1.